The molecule has 0 heterocycles. The number of nitrogens with two attached hydrogens (primary N) is 1. The minimum absolute atomic E-state index is 0.108. The predicted molar refractivity (Wildman–Crippen MR) is 69.3 cm³/mol. The molecule has 2 nitrogen and oxygen atoms in total. The number of rotatable bonds is 3. The van der Waals surface area contributed by atoms with Gasteiger partial charge < -0.3 is 11.1 Å². The Balaban J connectivity index is 2.11. The zero-order valence-corrected chi connectivity index (χ0v) is 10.5. The van der Waals surface area contributed by atoms with Gasteiger partial charge in [-0.15, -0.1) is 0 Å². The average Bonchev–Trinajstić information content (AvgIpc) is 2.77. The molecule has 0 aromatic heterocycles. The van der Waals surface area contributed by atoms with Crippen LogP contribution in [0.5, 0.6) is 0 Å². The van der Waals surface area contributed by atoms with Gasteiger partial charge in [0.15, 0.2) is 11.6 Å². The summed E-state index contributed by atoms with van der Waals surface area (Å²) < 4.78 is 26.7. The highest BCUT2D eigenvalue weighted by Gasteiger charge is 2.25. The summed E-state index contributed by atoms with van der Waals surface area (Å²) in [5.41, 5.74) is 6.03. The Bertz CT molecular complexity index is 412. The molecule has 3 N–H and O–H groups in total. The van der Waals surface area contributed by atoms with Crippen molar-refractivity contribution in [3.8, 4) is 0 Å². The van der Waals surface area contributed by atoms with Crippen LogP contribution in [-0.2, 0) is 0 Å². The van der Waals surface area contributed by atoms with Crippen molar-refractivity contribution in [2.75, 3.05) is 17.3 Å². The molecule has 94 valence electrons. The number of nitrogens with one attached hydrogen (secondary N) is 1. The fourth-order valence-corrected chi connectivity index (χ4v) is 3.00. The summed E-state index contributed by atoms with van der Waals surface area (Å²) in [7, 11) is 0. The number of nitrogen functional groups attached to an aromatic ring is 1. The molecule has 1 aliphatic carbocycles. The van der Waals surface area contributed by atoms with Gasteiger partial charge in [0.1, 0.15) is 0 Å². The third kappa shape index (κ3) is 2.65. The lowest BCUT2D eigenvalue weighted by Crippen LogP contribution is -2.18. The molecule has 0 radical (unpaired) electrons. The maximum Gasteiger partial charge on any atom is 0.183 e. The Morgan fingerprint density at radius 2 is 2.12 bits per heavy atom. The Morgan fingerprint density at radius 1 is 1.35 bits per heavy atom. The Hall–Kier alpha value is -0.970. The molecule has 2 rings (SSSR count). The lowest BCUT2D eigenvalue weighted by Gasteiger charge is -2.16. The van der Waals surface area contributed by atoms with Crippen molar-refractivity contribution in [2.45, 2.75) is 30.6 Å². The zero-order valence-electron chi connectivity index (χ0n) is 9.67. The Morgan fingerprint density at radius 3 is 2.76 bits per heavy atom. The molecule has 1 aliphatic rings. The van der Waals surface area contributed by atoms with Gasteiger partial charge in [-0.2, -0.15) is 11.8 Å². The molecule has 1 aromatic carbocycles. The molecule has 1 saturated carbocycles. The second-order valence-corrected chi connectivity index (χ2v) is 5.48. The summed E-state index contributed by atoms with van der Waals surface area (Å²) >= 11 is 1.82. The first-order valence-corrected chi connectivity index (χ1v) is 6.93. The second-order valence-electron chi connectivity index (χ2n) is 4.34. The summed E-state index contributed by atoms with van der Waals surface area (Å²) in [6.07, 6.45) is 5.12. The summed E-state index contributed by atoms with van der Waals surface area (Å²) in [5.74, 6) is -1.74. The molecular weight excluding hydrogens is 242 g/mol. The van der Waals surface area contributed by atoms with Gasteiger partial charge in [0.25, 0.3) is 0 Å². The van der Waals surface area contributed by atoms with E-state index in [0.29, 0.717) is 5.25 Å². The largest absolute Gasteiger partial charge is 0.397 e. The van der Waals surface area contributed by atoms with Crippen LogP contribution in [0.15, 0.2) is 12.1 Å². The number of hydrogen-bond acceptors (Lipinski definition) is 3. The van der Waals surface area contributed by atoms with Gasteiger partial charge in [-0.1, -0.05) is 0 Å². The van der Waals surface area contributed by atoms with Crippen LogP contribution in [0, 0.1) is 11.6 Å². The SMILES string of the molecule is CSC1CCC(Nc2c(N)ccc(F)c2F)C1. The Kier molecular flexibility index (Phi) is 3.76. The van der Waals surface area contributed by atoms with E-state index < -0.39 is 11.6 Å². The van der Waals surface area contributed by atoms with Gasteiger partial charge in [-0.3, -0.25) is 0 Å². The minimum Gasteiger partial charge on any atom is -0.397 e. The first-order valence-electron chi connectivity index (χ1n) is 5.64. The third-order valence-electron chi connectivity index (χ3n) is 3.19. The molecule has 0 amide bonds. The number of halogens is 2. The number of hydrogen-bond donors (Lipinski definition) is 2. The van der Waals surface area contributed by atoms with E-state index in [1.807, 2.05) is 11.8 Å². The molecule has 0 aliphatic heterocycles. The molecular formula is C12H16F2N2S. The van der Waals surface area contributed by atoms with E-state index in [1.54, 1.807) is 0 Å². The van der Waals surface area contributed by atoms with Crippen molar-refractivity contribution < 1.29 is 8.78 Å². The first kappa shape index (κ1) is 12.5. The van der Waals surface area contributed by atoms with Crippen LogP contribution >= 0.6 is 11.8 Å². The van der Waals surface area contributed by atoms with Crippen molar-refractivity contribution in [1.82, 2.24) is 0 Å². The van der Waals surface area contributed by atoms with Crippen LogP contribution in [0.3, 0.4) is 0 Å². The van der Waals surface area contributed by atoms with Crippen LogP contribution in [0.4, 0.5) is 20.2 Å². The predicted octanol–water partition coefficient (Wildman–Crippen LogP) is 3.24. The van der Waals surface area contributed by atoms with Crippen LogP contribution in [0.2, 0.25) is 0 Å². The normalized spacial score (nSPS) is 23.9. The summed E-state index contributed by atoms with van der Waals surface area (Å²) in [6.45, 7) is 0. The topological polar surface area (TPSA) is 38.0 Å². The molecule has 5 heteroatoms. The maximum atomic E-state index is 13.6. The van der Waals surface area contributed by atoms with Gasteiger partial charge in [0, 0.05) is 11.3 Å². The number of anilines is 2. The van der Waals surface area contributed by atoms with Crippen molar-refractivity contribution in [2.24, 2.45) is 0 Å². The van der Waals surface area contributed by atoms with Crippen LogP contribution in [0.1, 0.15) is 19.3 Å². The smallest absolute Gasteiger partial charge is 0.183 e. The fraction of sp³-hybridized carbons (Fsp3) is 0.500. The molecule has 0 saturated heterocycles. The van der Waals surface area contributed by atoms with E-state index in [1.165, 1.54) is 6.07 Å². The zero-order chi connectivity index (χ0) is 12.4. The number of benzene rings is 1. The molecule has 1 fully saturated rings. The monoisotopic (exact) mass is 258 g/mol. The molecule has 0 bridgehead atoms. The van der Waals surface area contributed by atoms with Crippen LogP contribution < -0.4 is 11.1 Å². The number of thioether (sulfide) groups is 1. The van der Waals surface area contributed by atoms with Gasteiger partial charge in [0.2, 0.25) is 0 Å². The molecule has 2 unspecified atom stereocenters. The lowest BCUT2D eigenvalue weighted by atomic mass is 10.2. The van der Waals surface area contributed by atoms with Crippen molar-refractivity contribution >= 4 is 23.1 Å². The summed E-state index contributed by atoms with van der Waals surface area (Å²) in [4.78, 5) is 0. The van der Waals surface area contributed by atoms with Crippen molar-refractivity contribution in [3.05, 3.63) is 23.8 Å². The maximum absolute atomic E-state index is 13.6. The summed E-state index contributed by atoms with van der Waals surface area (Å²) in [6, 6.07) is 2.63. The van der Waals surface area contributed by atoms with E-state index in [0.717, 1.165) is 25.3 Å². The quantitative estimate of drug-likeness (QED) is 0.817. The van der Waals surface area contributed by atoms with E-state index in [2.05, 4.69) is 11.6 Å². The first-order chi connectivity index (χ1) is 8.11. The minimum atomic E-state index is -0.877. The highest BCUT2D eigenvalue weighted by Crippen LogP contribution is 2.33. The van der Waals surface area contributed by atoms with Crippen molar-refractivity contribution in [3.63, 3.8) is 0 Å². The van der Waals surface area contributed by atoms with Crippen LogP contribution in [-0.4, -0.2) is 17.5 Å². The average molecular weight is 258 g/mol. The van der Waals surface area contributed by atoms with E-state index in [4.69, 9.17) is 5.73 Å². The highest BCUT2D eigenvalue weighted by molar-refractivity contribution is 7.99. The van der Waals surface area contributed by atoms with E-state index in [-0.39, 0.29) is 17.4 Å². The van der Waals surface area contributed by atoms with Gasteiger partial charge >= 0.3 is 0 Å². The molecule has 17 heavy (non-hydrogen) atoms. The van der Waals surface area contributed by atoms with E-state index in [9.17, 15) is 8.78 Å². The van der Waals surface area contributed by atoms with Crippen molar-refractivity contribution in [1.29, 1.82) is 0 Å². The second kappa shape index (κ2) is 5.12. The molecule has 2 atom stereocenters. The van der Waals surface area contributed by atoms with Gasteiger partial charge in [0.05, 0.1) is 11.4 Å². The molecule has 1 aromatic rings. The lowest BCUT2D eigenvalue weighted by molar-refractivity contribution is 0.510. The van der Waals surface area contributed by atoms with Crippen LogP contribution in [0.25, 0.3) is 0 Å². The van der Waals surface area contributed by atoms with E-state index >= 15 is 0 Å². The van der Waals surface area contributed by atoms with Gasteiger partial charge in [-0.05, 0) is 37.7 Å². The Labute approximate surface area is 104 Å². The van der Waals surface area contributed by atoms with Gasteiger partial charge in [-0.25, -0.2) is 8.78 Å². The fourth-order valence-electron chi connectivity index (χ4n) is 2.20. The summed E-state index contributed by atoms with van der Waals surface area (Å²) in [5, 5.41) is 3.63. The standard InChI is InChI=1S/C12H16F2N2S/c1-17-8-3-2-7(6-8)16-12-10(15)5-4-9(13)11(12)14/h4-5,7-8,16H,2-3,6,15H2,1H3. The highest BCUT2D eigenvalue weighted by atomic mass is 32.2. The third-order valence-corrected chi connectivity index (χ3v) is 4.29. The molecule has 0 spiro atoms.